The SMILES string of the molecule is CCCCOC(=O)C1=C(C)NC2=C(C(=O)CC(C)(C)C2)[C@@H]1c1cc(OC)c(OC)cc1[N+](=O)[O-]. The van der Waals surface area contributed by atoms with Gasteiger partial charge in [0.2, 0.25) is 0 Å². The van der Waals surface area contributed by atoms with Crippen molar-refractivity contribution < 1.29 is 28.7 Å². The van der Waals surface area contributed by atoms with E-state index in [2.05, 4.69) is 5.32 Å². The van der Waals surface area contributed by atoms with Gasteiger partial charge in [0.25, 0.3) is 5.69 Å². The summed E-state index contributed by atoms with van der Waals surface area (Å²) in [4.78, 5) is 38.2. The van der Waals surface area contributed by atoms with Crippen LogP contribution in [0.2, 0.25) is 0 Å². The average molecular weight is 473 g/mol. The van der Waals surface area contributed by atoms with Gasteiger partial charge < -0.3 is 19.5 Å². The molecule has 34 heavy (non-hydrogen) atoms. The first-order chi connectivity index (χ1) is 16.0. The van der Waals surface area contributed by atoms with Crippen LogP contribution in [0.5, 0.6) is 11.5 Å². The number of dihydropyridines is 1. The number of ether oxygens (including phenoxy) is 3. The number of methoxy groups -OCH3 is 2. The Kier molecular flexibility index (Phi) is 7.33. The molecule has 0 fully saturated rings. The lowest BCUT2D eigenvalue weighted by molar-refractivity contribution is -0.385. The van der Waals surface area contributed by atoms with Crippen LogP contribution < -0.4 is 14.8 Å². The van der Waals surface area contributed by atoms with E-state index in [9.17, 15) is 19.7 Å². The molecule has 1 atom stereocenters. The second-order valence-corrected chi connectivity index (χ2v) is 9.44. The van der Waals surface area contributed by atoms with E-state index >= 15 is 0 Å². The number of nitrogens with one attached hydrogen (secondary N) is 1. The zero-order valence-corrected chi connectivity index (χ0v) is 20.6. The van der Waals surface area contributed by atoms with Crippen molar-refractivity contribution in [1.82, 2.24) is 5.32 Å². The van der Waals surface area contributed by atoms with Crippen molar-refractivity contribution in [2.75, 3.05) is 20.8 Å². The normalized spacial score (nSPS) is 19.4. The van der Waals surface area contributed by atoms with Crippen molar-refractivity contribution in [2.45, 2.75) is 59.3 Å². The van der Waals surface area contributed by atoms with Gasteiger partial charge in [-0.3, -0.25) is 14.9 Å². The van der Waals surface area contributed by atoms with Gasteiger partial charge in [0.1, 0.15) is 0 Å². The van der Waals surface area contributed by atoms with E-state index in [4.69, 9.17) is 14.2 Å². The fourth-order valence-corrected chi connectivity index (χ4v) is 4.68. The minimum Gasteiger partial charge on any atom is -0.493 e. The van der Waals surface area contributed by atoms with Crippen LogP contribution in [0.4, 0.5) is 5.69 Å². The van der Waals surface area contributed by atoms with E-state index < -0.39 is 16.8 Å². The summed E-state index contributed by atoms with van der Waals surface area (Å²) >= 11 is 0. The first-order valence-corrected chi connectivity index (χ1v) is 11.4. The summed E-state index contributed by atoms with van der Waals surface area (Å²) in [6, 6.07) is 2.75. The Bertz CT molecular complexity index is 1080. The summed E-state index contributed by atoms with van der Waals surface area (Å²) in [5.74, 6) is -1.27. The molecule has 1 aromatic carbocycles. The van der Waals surface area contributed by atoms with Crippen molar-refractivity contribution in [2.24, 2.45) is 5.41 Å². The van der Waals surface area contributed by atoms with E-state index in [0.29, 0.717) is 29.8 Å². The highest BCUT2D eigenvalue weighted by Gasteiger charge is 2.45. The molecule has 184 valence electrons. The van der Waals surface area contributed by atoms with Gasteiger partial charge in [-0.25, -0.2) is 4.79 Å². The molecule has 1 aliphatic heterocycles. The number of nitro groups is 1. The number of esters is 1. The molecule has 0 amide bonds. The molecule has 0 radical (unpaired) electrons. The molecule has 1 N–H and O–H groups in total. The van der Waals surface area contributed by atoms with Gasteiger partial charge in [0.15, 0.2) is 17.3 Å². The Morgan fingerprint density at radius 1 is 1.21 bits per heavy atom. The summed E-state index contributed by atoms with van der Waals surface area (Å²) in [6.07, 6.45) is 2.37. The van der Waals surface area contributed by atoms with Gasteiger partial charge in [0, 0.05) is 29.0 Å². The highest BCUT2D eigenvalue weighted by Crippen LogP contribution is 2.50. The number of carbonyl (C=O) groups excluding carboxylic acids is 2. The highest BCUT2D eigenvalue weighted by atomic mass is 16.6. The predicted molar refractivity (Wildman–Crippen MR) is 126 cm³/mol. The summed E-state index contributed by atoms with van der Waals surface area (Å²) in [5, 5.41) is 15.3. The quantitative estimate of drug-likeness (QED) is 0.253. The Hall–Kier alpha value is -3.36. The van der Waals surface area contributed by atoms with E-state index in [1.165, 1.54) is 26.4 Å². The Labute approximate surface area is 199 Å². The van der Waals surface area contributed by atoms with Crippen molar-refractivity contribution in [3.8, 4) is 11.5 Å². The van der Waals surface area contributed by atoms with Crippen LogP contribution >= 0.6 is 0 Å². The maximum Gasteiger partial charge on any atom is 0.336 e. The lowest BCUT2D eigenvalue weighted by Crippen LogP contribution is -2.39. The van der Waals surface area contributed by atoms with Gasteiger partial charge in [-0.05, 0) is 31.2 Å². The Morgan fingerprint density at radius 3 is 2.44 bits per heavy atom. The largest absolute Gasteiger partial charge is 0.493 e. The molecule has 1 aliphatic carbocycles. The minimum absolute atomic E-state index is 0.154. The average Bonchev–Trinajstić information content (AvgIpc) is 2.76. The molecular weight excluding hydrogens is 440 g/mol. The van der Waals surface area contributed by atoms with Gasteiger partial charge in [-0.2, -0.15) is 0 Å². The molecular formula is C25H32N2O7. The molecule has 2 aliphatic rings. The first kappa shape index (κ1) is 25.3. The standard InChI is InChI=1S/C25H32N2O7/c1-7-8-9-34-24(29)21-14(2)26-16-12-25(3,4)13-18(28)23(16)22(21)15-10-19(32-5)20(33-6)11-17(15)27(30)31/h10-11,22,26H,7-9,12-13H2,1-6H3/t22-/m1/s1. The van der Waals surface area contributed by atoms with Gasteiger partial charge in [-0.1, -0.05) is 27.2 Å². The Morgan fingerprint density at radius 2 is 1.85 bits per heavy atom. The summed E-state index contributed by atoms with van der Waals surface area (Å²) in [6.45, 7) is 7.93. The zero-order valence-electron chi connectivity index (χ0n) is 20.6. The van der Waals surface area contributed by atoms with Gasteiger partial charge >= 0.3 is 5.97 Å². The van der Waals surface area contributed by atoms with Crippen molar-refractivity contribution >= 4 is 17.4 Å². The van der Waals surface area contributed by atoms with Gasteiger partial charge in [0.05, 0.1) is 43.3 Å². The molecule has 9 nitrogen and oxygen atoms in total. The molecule has 0 bridgehead atoms. The lowest BCUT2D eigenvalue weighted by atomic mass is 9.68. The molecule has 1 aromatic rings. The van der Waals surface area contributed by atoms with E-state index in [0.717, 1.165) is 6.42 Å². The van der Waals surface area contributed by atoms with Crippen LogP contribution in [0.1, 0.15) is 64.9 Å². The number of hydrogen-bond acceptors (Lipinski definition) is 8. The number of nitro benzene ring substituents is 1. The number of allylic oxidation sites excluding steroid dienone is 3. The molecule has 0 saturated carbocycles. The monoisotopic (exact) mass is 472 g/mol. The molecule has 0 aromatic heterocycles. The third-order valence-corrected chi connectivity index (χ3v) is 6.23. The Balaban J connectivity index is 2.28. The fourth-order valence-electron chi connectivity index (χ4n) is 4.68. The van der Waals surface area contributed by atoms with Crippen molar-refractivity contribution in [3.05, 3.63) is 50.4 Å². The second-order valence-electron chi connectivity index (χ2n) is 9.44. The third kappa shape index (κ3) is 4.78. The van der Waals surface area contributed by atoms with Crippen LogP contribution in [0.15, 0.2) is 34.7 Å². The number of nitrogens with zero attached hydrogens (tertiary/aromatic N) is 1. The molecule has 0 unspecified atom stereocenters. The maximum atomic E-state index is 13.4. The number of carbonyl (C=O) groups is 2. The third-order valence-electron chi connectivity index (χ3n) is 6.23. The summed E-state index contributed by atoms with van der Waals surface area (Å²) in [5.41, 5.74) is 1.39. The number of Topliss-reactive ketones (excluding diaryl/α,β-unsaturated/α-hetero) is 1. The highest BCUT2D eigenvalue weighted by molar-refractivity contribution is 6.04. The van der Waals surface area contributed by atoms with Crippen LogP contribution in [0.3, 0.4) is 0 Å². The summed E-state index contributed by atoms with van der Waals surface area (Å²) in [7, 11) is 2.82. The molecule has 9 heteroatoms. The predicted octanol–water partition coefficient (Wildman–Crippen LogP) is 4.56. The maximum absolute atomic E-state index is 13.4. The van der Waals surface area contributed by atoms with Crippen molar-refractivity contribution in [3.63, 3.8) is 0 Å². The molecule has 0 saturated heterocycles. The van der Waals surface area contributed by atoms with Crippen LogP contribution in [0.25, 0.3) is 0 Å². The zero-order chi connectivity index (χ0) is 25.2. The number of rotatable bonds is 8. The van der Waals surface area contributed by atoms with E-state index in [1.807, 2.05) is 20.8 Å². The number of hydrogen-bond donors (Lipinski definition) is 1. The van der Waals surface area contributed by atoms with Crippen LogP contribution in [0, 0.1) is 15.5 Å². The number of ketones is 1. The number of unbranched alkanes of at least 4 members (excludes halogenated alkanes) is 1. The number of benzene rings is 1. The fraction of sp³-hybridized carbons (Fsp3) is 0.520. The summed E-state index contributed by atoms with van der Waals surface area (Å²) < 4.78 is 16.2. The minimum atomic E-state index is -0.964. The molecule has 3 rings (SSSR count). The topological polar surface area (TPSA) is 117 Å². The van der Waals surface area contributed by atoms with Gasteiger partial charge in [-0.15, -0.1) is 0 Å². The van der Waals surface area contributed by atoms with E-state index in [1.54, 1.807) is 6.92 Å². The lowest BCUT2D eigenvalue weighted by Gasteiger charge is -2.39. The van der Waals surface area contributed by atoms with Crippen molar-refractivity contribution in [1.29, 1.82) is 0 Å². The van der Waals surface area contributed by atoms with Crippen LogP contribution in [-0.2, 0) is 14.3 Å². The van der Waals surface area contributed by atoms with E-state index in [-0.39, 0.29) is 52.5 Å². The smallest absolute Gasteiger partial charge is 0.336 e. The van der Waals surface area contributed by atoms with Crippen LogP contribution in [-0.4, -0.2) is 37.5 Å². The first-order valence-electron chi connectivity index (χ1n) is 11.4. The molecule has 1 heterocycles. The second kappa shape index (κ2) is 9.87. The molecule has 0 spiro atoms.